The number of nitrogens with zero attached hydrogens (tertiary/aromatic N) is 2. The van der Waals surface area contributed by atoms with E-state index in [4.69, 9.17) is 0 Å². The number of hydrogen-bond donors (Lipinski definition) is 2. The van der Waals surface area contributed by atoms with E-state index in [9.17, 15) is 5.11 Å². The standard InChI is InChI=1S/C14H25N3OS/c1-2-17(9-10-18)13(14-4-3-11-19-14)12-16-7-5-15-6-8-16/h3-4,11,13,15,18H,2,5-10,12H2,1H3. The van der Waals surface area contributed by atoms with Crippen LogP contribution in [0.4, 0.5) is 0 Å². The monoisotopic (exact) mass is 283 g/mol. The van der Waals surface area contributed by atoms with Crippen LogP contribution in [0.2, 0.25) is 0 Å². The number of aliphatic hydroxyl groups is 1. The zero-order chi connectivity index (χ0) is 13.5. The quantitative estimate of drug-likeness (QED) is 0.783. The van der Waals surface area contributed by atoms with E-state index in [2.05, 4.69) is 39.6 Å². The average Bonchev–Trinajstić information content (AvgIpc) is 2.98. The Morgan fingerprint density at radius 3 is 2.84 bits per heavy atom. The van der Waals surface area contributed by atoms with Crippen LogP contribution in [0.5, 0.6) is 0 Å². The Balaban J connectivity index is 2.04. The third-order valence-corrected chi connectivity index (χ3v) is 4.72. The average molecular weight is 283 g/mol. The van der Waals surface area contributed by atoms with Crippen molar-refractivity contribution in [3.8, 4) is 0 Å². The normalized spacial score (nSPS) is 18.9. The smallest absolute Gasteiger partial charge is 0.0569 e. The fourth-order valence-electron chi connectivity index (χ4n) is 2.67. The first kappa shape index (κ1) is 14.9. The summed E-state index contributed by atoms with van der Waals surface area (Å²) in [5.74, 6) is 0. The van der Waals surface area contributed by atoms with Crippen molar-refractivity contribution < 1.29 is 5.11 Å². The van der Waals surface area contributed by atoms with Gasteiger partial charge < -0.3 is 10.4 Å². The number of piperazine rings is 1. The molecule has 0 bridgehead atoms. The van der Waals surface area contributed by atoms with Gasteiger partial charge in [0.1, 0.15) is 0 Å². The van der Waals surface area contributed by atoms with Crippen LogP contribution in [-0.2, 0) is 0 Å². The molecule has 5 heteroatoms. The van der Waals surface area contributed by atoms with Gasteiger partial charge in [0.2, 0.25) is 0 Å². The molecule has 0 saturated carbocycles. The molecule has 0 aliphatic carbocycles. The molecular formula is C14H25N3OS. The SMILES string of the molecule is CCN(CCO)C(CN1CCNCC1)c1cccs1. The van der Waals surface area contributed by atoms with Gasteiger partial charge in [0, 0.05) is 44.1 Å². The number of rotatable bonds is 7. The van der Waals surface area contributed by atoms with Crippen molar-refractivity contribution in [1.82, 2.24) is 15.1 Å². The summed E-state index contributed by atoms with van der Waals surface area (Å²) in [6.07, 6.45) is 0. The van der Waals surface area contributed by atoms with E-state index >= 15 is 0 Å². The molecule has 2 rings (SSSR count). The fourth-order valence-corrected chi connectivity index (χ4v) is 3.52. The second-order valence-corrected chi connectivity index (χ2v) is 5.91. The Morgan fingerprint density at radius 1 is 1.47 bits per heavy atom. The molecule has 2 heterocycles. The largest absolute Gasteiger partial charge is 0.395 e. The molecule has 1 saturated heterocycles. The van der Waals surface area contributed by atoms with Gasteiger partial charge in [-0.25, -0.2) is 0 Å². The number of aliphatic hydroxyl groups excluding tert-OH is 1. The van der Waals surface area contributed by atoms with Crippen molar-refractivity contribution >= 4 is 11.3 Å². The van der Waals surface area contributed by atoms with Crippen molar-refractivity contribution in [2.75, 3.05) is 52.4 Å². The molecule has 0 radical (unpaired) electrons. The molecule has 1 aromatic rings. The molecule has 1 unspecified atom stereocenters. The lowest BCUT2D eigenvalue weighted by atomic mass is 10.1. The van der Waals surface area contributed by atoms with E-state index in [0.29, 0.717) is 6.04 Å². The van der Waals surface area contributed by atoms with Crippen LogP contribution in [-0.4, -0.2) is 67.3 Å². The fraction of sp³-hybridized carbons (Fsp3) is 0.714. The van der Waals surface area contributed by atoms with Crippen molar-refractivity contribution in [2.45, 2.75) is 13.0 Å². The van der Waals surface area contributed by atoms with Crippen LogP contribution in [0.1, 0.15) is 17.8 Å². The van der Waals surface area contributed by atoms with E-state index in [0.717, 1.165) is 45.8 Å². The lowest BCUT2D eigenvalue weighted by molar-refractivity contribution is 0.114. The van der Waals surface area contributed by atoms with Crippen LogP contribution in [0, 0.1) is 0 Å². The number of nitrogens with one attached hydrogen (secondary N) is 1. The molecule has 1 aliphatic rings. The highest BCUT2D eigenvalue weighted by Gasteiger charge is 2.23. The Hall–Kier alpha value is -0.460. The molecule has 0 spiro atoms. The van der Waals surface area contributed by atoms with Gasteiger partial charge in [0.25, 0.3) is 0 Å². The summed E-state index contributed by atoms with van der Waals surface area (Å²) in [4.78, 5) is 6.32. The summed E-state index contributed by atoms with van der Waals surface area (Å²) >= 11 is 1.82. The molecule has 108 valence electrons. The Labute approximate surface area is 120 Å². The van der Waals surface area contributed by atoms with E-state index in [1.165, 1.54) is 4.88 Å². The summed E-state index contributed by atoms with van der Waals surface area (Å²) in [5.41, 5.74) is 0. The molecule has 1 fully saturated rings. The highest BCUT2D eigenvalue weighted by atomic mass is 32.1. The molecule has 0 aromatic carbocycles. The lowest BCUT2D eigenvalue weighted by Gasteiger charge is -2.36. The summed E-state index contributed by atoms with van der Waals surface area (Å²) in [6.45, 7) is 9.63. The minimum absolute atomic E-state index is 0.233. The second kappa shape index (κ2) is 7.97. The van der Waals surface area contributed by atoms with Crippen LogP contribution < -0.4 is 5.32 Å². The van der Waals surface area contributed by atoms with Gasteiger partial charge in [-0.1, -0.05) is 13.0 Å². The first-order valence-corrected chi connectivity index (χ1v) is 8.04. The molecule has 0 amide bonds. The first-order chi connectivity index (χ1) is 9.35. The number of hydrogen-bond acceptors (Lipinski definition) is 5. The molecular weight excluding hydrogens is 258 g/mol. The first-order valence-electron chi connectivity index (χ1n) is 7.16. The minimum Gasteiger partial charge on any atom is -0.395 e. The van der Waals surface area contributed by atoms with E-state index in [1.54, 1.807) is 0 Å². The van der Waals surface area contributed by atoms with Gasteiger partial charge >= 0.3 is 0 Å². The van der Waals surface area contributed by atoms with Crippen molar-refractivity contribution in [1.29, 1.82) is 0 Å². The highest BCUT2D eigenvalue weighted by molar-refractivity contribution is 7.10. The van der Waals surface area contributed by atoms with Gasteiger partial charge in [-0.15, -0.1) is 11.3 Å². The number of thiophene rings is 1. The topological polar surface area (TPSA) is 38.7 Å². The molecule has 1 atom stereocenters. The van der Waals surface area contributed by atoms with Crippen LogP contribution in [0.25, 0.3) is 0 Å². The molecule has 1 aliphatic heterocycles. The molecule has 1 aromatic heterocycles. The van der Waals surface area contributed by atoms with E-state index < -0.39 is 0 Å². The third-order valence-electron chi connectivity index (χ3n) is 3.75. The van der Waals surface area contributed by atoms with Gasteiger partial charge in [0.05, 0.1) is 12.6 Å². The zero-order valence-corrected chi connectivity index (χ0v) is 12.5. The Morgan fingerprint density at radius 2 is 2.26 bits per heavy atom. The lowest BCUT2D eigenvalue weighted by Crippen LogP contribution is -2.47. The maximum Gasteiger partial charge on any atom is 0.0569 e. The van der Waals surface area contributed by atoms with Gasteiger partial charge in [-0.2, -0.15) is 0 Å². The predicted molar refractivity (Wildman–Crippen MR) is 80.7 cm³/mol. The molecule has 4 nitrogen and oxygen atoms in total. The maximum atomic E-state index is 9.26. The highest BCUT2D eigenvalue weighted by Crippen LogP contribution is 2.26. The summed E-state index contributed by atoms with van der Waals surface area (Å²) in [5, 5.41) is 14.8. The van der Waals surface area contributed by atoms with Crippen LogP contribution in [0.15, 0.2) is 17.5 Å². The van der Waals surface area contributed by atoms with Gasteiger partial charge in [0.15, 0.2) is 0 Å². The maximum absolute atomic E-state index is 9.26. The summed E-state index contributed by atoms with van der Waals surface area (Å²) in [6, 6.07) is 4.75. The van der Waals surface area contributed by atoms with Gasteiger partial charge in [-0.05, 0) is 18.0 Å². The van der Waals surface area contributed by atoms with Crippen molar-refractivity contribution in [3.05, 3.63) is 22.4 Å². The van der Waals surface area contributed by atoms with E-state index in [-0.39, 0.29) is 6.61 Å². The summed E-state index contributed by atoms with van der Waals surface area (Å²) in [7, 11) is 0. The second-order valence-electron chi connectivity index (χ2n) is 4.93. The van der Waals surface area contributed by atoms with Crippen LogP contribution in [0.3, 0.4) is 0 Å². The zero-order valence-electron chi connectivity index (χ0n) is 11.7. The number of likely N-dealkylation sites (N-methyl/N-ethyl adjacent to an activating group) is 1. The third kappa shape index (κ3) is 4.26. The predicted octanol–water partition coefficient (Wildman–Crippen LogP) is 1.01. The van der Waals surface area contributed by atoms with Crippen molar-refractivity contribution in [3.63, 3.8) is 0 Å². The Bertz CT molecular complexity index is 338. The minimum atomic E-state index is 0.233. The van der Waals surface area contributed by atoms with Gasteiger partial charge in [-0.3, -0.25) is 9.80 Å². The van der Waals surface area contributed by atoms with E-state index in [1.807, 2.05) is 11.3 Å². The Kier molecular flexibility index (Phi) is 6.26. The van der Waals surface area contributed by atoms with Crippen LogP contribution >= 0.6 is 11.3 Å². The summed E-state index contributed by atoms with van der Waals surface area (Å²) < 4.78 is 0. The molecule has 19 heavy (non-hydrogen) atoms. The molecule has 2 N–H and O–H groups in total. The van der Waals surface area contributed by atoms with Crippen molar-refractivity contribution in [2.24, 2.45) is 0 Å².